The predicted octanol–water partition coefficient (Wildman–Crippen LogP) is 4.46. The summed E-state index contributed by atoms with van der Waals surface area (Å²) in [5.41, 5.74) is 1.83. The van der Waals surface area contributed by atoms with Crippen LogP contribution in [0.5, 0.6) is 11.5 Å². The molecule has 4 bridgehead atoms. The first-order chi connectivity index (χ1) is 16.5. The van der Waals surface area contributed by atoms with E-state index in [0.717, 1.165) is 56.1 Å². The van der Waals surface area contributed by atoms with Crippen LogP contribution in [0.1, 0.15) is 63.5 Å². The number of fused-ring (bicyclic) bond motifs is 1. The Balaban J connectivity index is 1.43. The van der Waals surface area contributed by atoms with Crippen LogP contribution in [0.3, 0.4) is 0 Å². The lowest BCUT2D eigenvalue weighted by atomic mass is 9.37. The molecule has 2 spiro atoms. The van der Waals surface area contributed by atoms with Crippen molar-refractivity contribution >= 4 is 5.78 Å². The summed E-state index contributed by atoms with van der Waals surface area (Å²) < 4.78 is 19.6. The number of carbonyl (C=O) groups excluding carboxylic acids is 1. The summed E-state index contributed by atoms with van der Waals surface area (Å²) in [6.45, 7) is 6.93. The van der Waals surface area contributed by atoms with Gasteiger partial charge in [0.1, 0.15) is 17.5 Å². The largest absolute Gasteiger partial charge is 0.490 e. The van der Waals surface area contributed by atoms with E-state index in [9.17, 15) is 4.79 Å². The van der Waals surface area contributed by atoms with E-state index in [1.165, 1.54) is 30.5 Å². The van der Waals surface area contributed by atoms with Gasteiger partial charge in [0.2, 0.25) is 0 Å². The van der Waals surface area contributed by atoms with Gasteiger partial charge in [0.15, 0.2) is 11.5 Å². The molecule has 1 saturated heterocycles. The molecule has 8 rings (SSSR count). The van der Waals surface area contributed by atoms with E-state index in [4.69, 9.17) is 14.2 Å². The average Bonchev–Trinajstić information content (AvgIpc) is 3.58. The second-order valence-electron chi connectivity index (χ2n) is 11.8. The molecular weight excluding hydrogens is 426 g/mol. The van der Waals surface area contributed by atoms with Gasteiger partial charge in [-0.1, -0.05) is 31.6 Å². The molecule has 0 amide bonds. The van der Waals surface area contributed by atoms with Crippen LogP contribution in [0.15, 0.2) is 24.3 Å². The van der Waals surface area contributed by atoms with Gasteiger partial charge in [0.25, 0.3) is 0 Å². The first-order valence-electron chi connectivity index (χ1n) is 13.5. The van der Waals surface area contributed by atoms with E-state index < -0.39 is 5.60 Å². The Morgan fingerprint density at radius 3 is 2.85 bits per heavy atom. The van der Waals surface area contributed by atoms with E-state index in [0.29, 0.717) is 12.6 Å². The monoisotopic (exact) mass is 463 g/mol. The van der Waals surface area contributed by atoms with Gasteiger partial charge in [-0.15, -0.1) is 0 Å². The van der Waals surface area contributed by atoms with Crippen molar-refractivity contribution in [3.8, 4) is 11.5 Å². The average molecular weight is 464 g/mol. The molecule has 1 aromatic rings. The summed E-state index contributed by atoms with van der Waals surface area (Å²) in [7, 11) is 1.77. The molecule has 6 atom stereocenters. The molecule has 0 unspecified atom stereocenters. The molecule has 2 aliphatic heterocycles. The van der Waals surface area contributed by atoms with Gasteiger partial charge in [-0.25, -0.2) is 0 Å². The second kappa shape index (κ2) is 7.10. The minimum Gasteiger partial charge on any atom is -0.490 e. The first kappa shape index (κ1) is 21.4. The number of unbranched alkanes of at least 4 members (excludes halogenated alkanes) is 1. The highest BCUT2D eigenvalue weighted by molar-refractivity contribution is 5.82. The topological polar surface area (TPSA) is 48.0 Å². The second-order valence-corrected chi connectivity index (χ2v) is 11.8. The quantitative estimate of drug-likeness (QED) is 0.421. The fourth-order valence-electron chi connectivity index (χ4n) is 8.67. The highest BCUT2D eigenvalue weighted by Crippen LogP contribution is 2.74. The van der Waals surface area contributed by atoms with Gasteiger partial charge in [0, 0.05) is 30.7 Å². The summed E-state index contributed by atoms with van der Waals surface area (Å²) >= 11 is 0. The molecule has 2 heterocycles. The number of rotatable bonds is 8. The summed E-state index contributed by atoms with van der Waals surface area (Å²) in [4.78, 5) is 15.9. The number of ketones is 1. The van der Waals surface area contributed by atoms with E-state index in [-0.39, 0.29) is 28.6 Å². The zero-order valence-corrected chi connectivity index (χ0v) is 20.8. The van der Waals surface area contributed by atoms with Crippen LogP contribution in [-0.4, -0.2) is 55.2 Å². The summed E-state index contributed by atoms with van der Waals surface area (Å²) in [5, 5.41) is 0. The van der Waals surface area contributed by atoms with Gasteiger partial charge >= 0.3 is 0 Å². The number of hydrogen-bond donors (Lipinski definition) is 0. The van der Waals surface area contributed by atoms with Gasteiger partial charge in [-0.2, -0.15) is 0 Å². The molecule has 5 heteroatoms. The van der Waals surface area contributed by atoms with Crippen LogP contribution >= 0.6 is 0 Å². The third kappa shape index (κ3) is 2.41. The smallest absolute Gasteiger partial charge is 0.166 e. The minimum atomic E-state index is -0.717. The first-order valence-corrected chi connectivity index (χ1v) is 13.5. The molecule has 182 valence electrons. The Bertz CT molecular complexity index is 1080. The third-order valence-electron chi connectivity index (χ3n) is 10.3. The molecule has 0 aromatic heterocycles. The molecule has 0 N–H and O–H groups in total. The zero-order valence-electron chi connectivity index (χ0n) is 20.8. The maximum atomic E-state index is 13.1. The number of likely N-dealkylation sites (tertiary alicyclic amines) is 1. The van der Waals surface area contributed by atoms with E-state index in [1.54, 1.807) is 14.0 Å². The molecule has 3 fully saturated rings. The van der Waals surface area contributed by atoms with Crippen molar-refractivity contribution in [1.29, 1.82) is 0 Å². The van der Waals surface area contributed by atoms with Gasteiger partial charge in [-0.3, -0.25) is 9.69 Å². The van der Waals surface area contributed by atoms with Crippen molar-refractivity contribution in [2.24, 2.45) is 17.3 Å². The van der Waals surface area contributed by atoms with Crippen molar-refractivity contribution in [3.63, 3.8) is 0 Å². The van der Waals surface area contributed by atoms with Crippen LogP contribution in [-0.2, 0) is 21.4 Å². The third-order valence-corrected chi connectivity index (χ3v) is 10.3. The fraction of sp³-hybridized carbons (Fsp3) is 0.690. The maximum Gasteiger partial charge on any atom is 0.166 e. The van der Waals surface area contributed by atoms with Gasteiger partial charge in [-0.05, 0) is 69.5 Å². The van der Waals surface area contributed by atoms with Crippen LogP contribution in [0, 0.1) is 17.3 Å². The Hall–Kier alpha value is -1.85. The SMILES string of the molecule is CCCCOc1ccc2c3c1O[C@H]1[C@@]4(OC)C=C[C@@]5(C[C@@H]4C(C)=O)[C@@H](C2)N(CC2CC2)CC[C@]315. The van der Waals surface area contributed by atoms with Crippen molar-refractivity contribution in [2.75, 3.05) is 26.8 Å². The summed E-state index contributed by atoms with van der Waals surface area (Å²) in [6, 6.07) is 4.85. The number of benzene rings is 1. The summed E-state index contributed by atoms with van der Waals surface area (Å²) in [6.07, 6.45) is 12.3. The molecular formula is C29H37NO4. The zero-order chi connectivity index (χ0) is 23.3. The number of Topliss-reactive ketones (excluding diaryl/α,β-unsaturated/α-hetero) is 1. The minimum absolute atomic E-state index is 0.0955. The van der Waals surface area contributed by atoms with Crippen molar-refractivity contribution < 1.29 is 19.0 Å². The van der Waals surface area contributed by atoms with Crippen molar-refractivity contribution in [1.82, 2.24) is 4.90 Å². The number of methoxy groups -OCH3 is 1. The Kier molecular flexibility index (Phi) is 4.48. The number of hydrogen-bond acceptors (Lipinski definition) is 5. The molecule has 7 aliphatic rings. The molecule has 0 radical (unpaired) electrons. The Labute approximate surface area is 202 Å². The molecule has 5 nitrogen and oxygen atoms in total. The summed E-state index contributed by atoms with van der Waals surface area (Å²) in [5.74, 6) is 2.70. The van der Waals surface area contributed by atoms with Crippen LogP contribution in [0.4, 0.5) is 0 Å². The molecule has 1 aromatic carbocycles. The molecule has 34 heavy (non-hydrogen) atoms. The lowest BCUT2D eigenvalue weighted by Gasteiger charge is -2.71. The van der Waals surface area contributed by atoms with Gasteiger partial charge < -0.3 is 14.2 Å². The molecule has 2 saturated carbocycles. The number of carbonyl (C=O) groups is 1. The van der Waals surface area contributed by atoms with Crippen LogP contribution in [0.25, 0.3) is 0 Å². The van der Waals surface area contributed by atoms with Crippen molar-refractivity contribution in [2.45, 2.75) is 82.0 Å². The van der Waals surface area contributed by atoms with Gasteiger partial charge in [0.05, 0.1) is 17.9 Å². The standard InChI is InChI=1S/C29H37NO4/c1-4-5-14-33-22-9-8-20-15-23-27-10-11-29(32-3,21(16-27)18(2)31)26-28(27,24(20)25(22)34-26)12-13-30(23)17-19-6-7-19/h8-11,19,21,23,26H,4-7,12-17H2,1-3H3/t21-,23-,26-,27-,28+,29-/m1/s1. The number of piperidine rings is 1. The highest BCUT2D eigenvalue weighted by atomic mass is 16.6. The van der Waals surface area contributed by atoms with E-state index in [2.05, 4.69) is 36.1 Å². The lowest BCUT2D eigenvalue weighted by molar-refractivity contribution is -0.214. The van der Waals surface area contributed by atoms with Crippen LogP contribution < -0.4 is 9.47 Å². The maximum absolute atomic E-state index is 13.1. The highest BCUT2D eigenvalue weighted by Gasteiger charge is 2.79. The van der Waals surface area contributed by atoms with E-state index in [1.807, 2.05) is 0 Å². The lowest BCUT2D eigenvalue weighted by Crippen LogP contribution is -2.79. The number of nitrogens with zero attached hydrogens (tertiary/aromatic N) is 1. The van der Waals surface area contributed by atoms with E-state index >= 15 is 0 Å². The van der Waals surface area contributed by atoms with Crippen LogP contribution in [0.2, 0.25) is 0 Å². The fourth-order valence-corrected chi connectivity index (χ4v) is 8.67. The normalized spacial score (nSPS) is 40.7. The number of ether oxygens (including phenoxy) is 3. The molecule has 5 aliphatic carbocycles. The Morgan fingerprint density at radius 2 is 2.12 bits per heavy atom. The van der Waals surface area contributed by atoms with Crippen molar-refractivity contribution in [3.05, 3.63) is 35.4 Å². The Morgan fingerprint density at radius 1 is 1.26 bits per heavy atom. The predicted molar refractivity (Wildman–Crippen MR) is 129 cm³/mol.